The Hall–Kier alpha value is -1.43. The van der Waals surface area contributed by atoms with Crippen LogP contribution in [0.25, 0.3) is 0 Å². The summed E-state index contributed by atoms with van der Waals surface area (Å²) in [6, 6.07) is -0.198. The van der Waals surface area contributed by atoms with Crippen LogP contribution in [0.2, 0.25) is 0 Å². The first-order valence-electron chi connectivity index (χ1n) is 6.45. The first-order chi connectivity index (χ1) is 8.59. The van der Waals surface area contributed by atoms with Crippen molar-refractivity contribution in [3.8, 4) is 0 Å². The zero-order valence-corrected chi connectivity index (χ0v) is 11.3. The van der Waals surface area contributed by atoms with Crippen LogP contribution in [0.5, 0.6) is 0 Å². The van der Waals surface area contributed by atoms with Crippen molar-refractivity contribution in [2.75, 3.05) is 14.1 Å². The Kier molecular flexibility index (Phi) is 3.96. The molecule has 2 heterocycles. The highest BCUT2D eigenvalue weighted by molar-refractivity contribution is 5.80. The molecule has 2 rings (SSSR count). The van der Waals surface area contributed by atoms with Crippen LogP contribution < -0.4 is 5.32 Å². The summed E-state index contributed by atoms with van der Waals surface area (Å²) in [4.78, 5) is 13.3. The standard InChI is InChI=1S/C12H21N5O/c1-9(12(18)16(2)3)13-8-11-15-14-10-6-4-5-7-17(10)11/h9,13H,4-8H2,1-3H3. The molecule has 0 spiro atoms. The van der Waals surface area contributed by atoms with Gasteiger partial charge in [0, 0.05) is 27.1 Å². The van der Waals surface area contributed by atoms with E-state index in [9.17, 15) is 4.79 Å². The van der Waals surface area contributed by atoms with Gasteiger partial charge in [-0.3, -0.25) is 10.1 Å². The summed E-state index contributed by atoms with van der Waals surface area (Å²) in [5.74, 6) is 2.08. The van der Waals surface area contributed by atoms with Gasteiger partial charge in [0.1, 0.15) is 11.6 Å². The van der Waals surface area contributed by atoms with Gasteiger partial charge in [-0.2, -0.15) is 0 Å². The zero-order valence-electron chi connectivity index (χ0n) is 11.3. The average Bonchev–Trinajstić information content (AvgIpc) is 2.78. The van der Waals surface area contributed by atoms with Gasteiger partial charge in [0.15, 0.2) is 0 Å². The lowest BCUT2D eigenvalue weighted by molar-refractivity contribution is -0.130. The molecule has 18 heavy (non-hydrogen) atoms. The fraction of sp³-hybridized carbons (Fsp3) is 0.750. The van der Waals surface area contributed by atoms with E-state index in [1.165, 1.54) is 12.8 Å². The van der Waals surface area contributed by atoms with Crippen molar-refractivity contribution in [3.05, 3.63) is 11.6 Å². The number of hydrogen-bond donors (Lipinski definition) is 1. The van der Waals surface area contributed by atoms with Crippen molar-refractivity contribution in [3.63, 3.8) is 0 Å². The van der Waals surface area contributed by atoms with Crippen molar-refractivity contribution in [2.24, 2.45) is 0 Å². The first kappa shape index (κ1) is 13.0. The Bertz CT molecular complexity index is 426. The van der Waals surface area contributed by atoms with Crippen molar-refractivity contribution < 1.29 is 4.79 Å². The van der Waals surface area contributed by atoms with Gasteiger partial charge in [0.25, 0.3) is 0 Å². The van der Waals surface area contributed by atoms with Gasteiger partial charge in [0.05, 0.1) is 12.6 Å². The van der Waals surface area contributed by atoms with Crippen LogP contribution in [0.15, 0.2) is 0 Å². The van der Waals surface area contributed by atoms with Gasteiger partial charge in [0.2, 0.25) is 5.91 Å². The number of carbonyl (C=O) groups is 1. The van der Waals surface area contributed by atoms with Gasteiger partial charge in [-0.1, -0.05) is 0 Å². The van der Waals surface area contributed by atoms with E-state index < -0.39 is 0 Å². The summed E-state index contributed by atoms with van der Waals surface area (Å²) in [6.45, 7) is 3.46. The third-order valence-corrected chi connectivity index (χ3v) is 3.31. The van der Waals surface area contributed by atoms with E-state index in [1.54, 1.807) is 19.0 Å². The molecular weight excluding hydrogens is 230 g/mol. The molecule has 0 aliphatic carbocycles. The molecule has 1 N–H and O–H groups in total. The van der Waals surface area contributed by atoms with Gasteiger partial charge in [-0.05, 0) is 19.8 Å². The predicted octanol–water partition coefficient (Wildman–Crippen LogP) is 0.181. The van der Waals surface area contributed by atoms with E-state index in [1.807, 2.05) is 6.92 Å². The largest absolute Gasteiger partial charge is 0.347 e. The van der Waals surface area contributed by atoms with Crippen LogP contribution in [0.1, 0.15) is 31.4 Å². The van der Waals surface area contributed by atoms with E-state index in [2.05, 4.69) is 20.1 Å². The predicted molar refractivity (Wildman–Crippen MR) is 68.0 cm³/mol. The van der Waals surface area contributed by atoms with E-state index >= 15 is 0 Å². The number of aryl methyl sites for hydroxylation is 1. The van der Waals surface area contributed by atoms with Crippen LogP contribution >= 0.6 is 0 Å². The number of fused-ring (bicyclic) bond motifs is 1. The molecule has 0 fully saturated rings. The number of hydrogen-bond acceptors (Lipinski definition) is 4. The summed E-state index contributed by atoms with van der Waals surface area (Å²) in [5.41, 5.74) is 0. The van der Waals surface area contributed by atoms with Crippen molar-refractivity contribution in [1.82, 2.24) is 25.0 Å². The quantitative estimate of drug-likeness (QED) is 0.829. The summed E-state index contributed by atoms with van der Waals surface area (Å²) in [5, 5.41) is 11.6. The Labute approximate surface area is 107 Å². The third-order valence-electron chi connectivity index (χ3n) is 3.31. The molecule has 1 aliphatic heterocycles. The molecule has 0 saturated carbocycles. The lowest BCUT2D eigenvalue weighted by atomic mass is 10.1. The van der Waals surface area contributed by atoms with E-state index in [4.69, 9.17) is 0 Å². The van der Waals surface area contributed by atoms with Crippen LogP contribution in [0.3, 0.4) is 0 Å². The van der Waals surface area contributed by atoms with E-state index in [0.717, 1.165) is 24.6 Å². The number of likely N-dealkylation sites (N-methyl/N-ethyl adjacent to an activating group) is 1. The topological polar surface area (TPSA) is 63.1 Å². The second kappa shape index (κ2) is 5.48. The fourth-order valence-corrected chi connectivity index (χ4v) is 2.22. The summed E-state index contributed by atoms with van der Waals surface area (Å²) in [6.07, 6.45) is 3.39. The molecule has 1 aromatic rings. The molecule has 1 unspecified atom stereocenters. The molecule has 1 atom stereocenters. The maximum Gasteiger partial charge on any atom is 0.238 e. The molecule has 1 aromatic heterocycles. The van der Waals surface area contributed by atoms with Crippen LogP contribution in [-0.4, -0.2) is 45.7 Å². The first-order valence-corrected chi connectivity index (χ1v) is 6.45. The Balaban J connectivity index is 1.94. The van der Waals surface area contributed by atoms with Crippen LogP contribution in [0, 0.1) is 0 Å². The maximum absolute atomic E-state index is 11.7. The van der Waals surface area contributed by atoms with Crippen molar-refractivity contribution >= 4 is 5.91 Å². The van der Waals surface area contributed by atoms with Crippen LogP contribution in [0.4, 0.5) is 0 Å². The Morgan fingerprint density at radius 2 is 2.22 bits per heavy atom. The number of rotatable bonds is 4. The highest BCUT2D eigenvalue weighted by Gasteiger charge is 2.18. The second-order valence-electron chi connectivity index (χ2n) is 4.98. The molecular formula is C12H21N5O. The number of amides is 1. The summed E-state index contributed by atoms with van der Waals surface area (Å²) in [7, 11) is 3.53. The SMILES string of the molecule is CC(NCc1nnc2n1CCCC2)C(=O)N(C)C. The highest BCUT2D eigenvalue weighted by Crippen LogP contribution is 2.14. The van der Waals surface area contributed by atoms with Gasteiger partial charge >= 0.3 is 0 Å². The monoisotopic (exact) mass is 251 g/mol. The average molecular weight is 251 g/mol. The minimum atomic E-state index is -0.198. The van der Waals surface area contributed by atoms with Gasteiger partial charge in [-0.25, -0.2) is 0 Å². The minimum Gasteiger partial charge on any atom is -0.347 e. The number of aromatic nitrogens is 3. The minimum absolute atomic E-state index is 0.0772. The molecule has 0 saturated heterocycles. The molecule has 0 radical (unpaired) electrons. The molecule has 100 valence electrons. The van der Waals surface area contributed by atoms with Gasteiger partial charge < -0.3 is 9.47 Å². The normalized spacial score (nSPS) is 16.2. The Morgan fingerprint density at radius 1 is 1.44 bits per heavy atom. The Morgan fingerprint density at radius 3 is 2.94 bits per heavy atom. The molecule has 0 aromatic carbocycles. The van der Waals surface area contributed by atoms with Crippen molar-refractivity contribution in [2.45, 2.75) is 45.3 Å². The van der Waals surface area contributed by atoms with Gasteiger partial charge in [-0.15, -0.1) is 10.2 Å². The lowest BCUT2D eigenvalue weighted by Gasteiger charge is -2.19. The van der Waals surface area contributed by atoms with E-state index in [0.29, 0.717) is 6.54 Å². The molecule has 1 amide bonds. The molecule has 6 nitrogen and oxygen atoms in total. The van der Waals surface area contributed by atoms with E-state index in [-0.39, 0.29) is 11.9 Å². The maximum atomic E-state index is 11.7. The fourth-order valence-electron chi connectivity index (χ4n) is 2.22. The summed E-state index contributed by atoms with van der Waals surface area (Å²) < 4.78 is 2.17. The molecule has 1 aliphatic rings. The number of carbonyl (C=O) groups excluding carboxylic acids is 1. The highest BCUT2D eigenvalue weighted by atomic mass is 16.2. The third kappa shape index (κ3) is 2.69. The molecule has 6 heteroatoms. The summed E-state index contributed by atoms with van der Waals surface area (Å²) >= 11 is 0. The number of nitrogens with one attached hydrogen (secondary N) is 1. The zero-order chi connectivity index (χ0) is 13.1. The number of nitrogens with zero attached hydrogens (tertiary/aromatic N) is 4. The second-order valence-corrected chi connectivity index (χ2v) is 4.98. The smallest absolute Gasteiger partial charge is 0.238 e. The van der Waals surface area contributed by atoms with Crippen LogP contribution in [-0.2, 0) is 24.3 Å². The molecule has 0 bridgehead atoms. The van der Waals surface area contributed by atoms with Crippen molar-refractivity contribution in [1.29, 1.82) is 0 Å². The lowest BCUT2D eigenvalue weighted by Crippen LogP contribution is -2.41.